The lowest BCUT2D eigenvalue weighted by atomic mass is 9.92. The molecule has 242 valence electrons. The molecule has 0 atom stereocenters. The number of carboxylic acids is 1. The van der Waals surface area contributed by atoms with Crippen LogP contribution in [-0.4, -0.2) is 28.9 Å². The van der Waals surface area contributed by atoms with E-state index in [0.29, 0.717) is 23.5 Å². The predicted molar refractivity (Wildman–Crippen MR) is 181 cm³/mol. The Labute approximate surface area is 271 Å². The van der Waals surface area contributed by atoms with E-state index >= 15 is 0 Å². The Kier molecular flexibility index (Phi) is 13.5. The molecule has 0 aliphatic heterocycles. The molecule has 0 spiro atoms. The monoisotopic (exact) mass is 624 g/mol. The van der Waals surface area contributed by atoms with Crippen LogP contribution in [0.25, 0.3) is 22.3 Å². The zero-order valence-corrected chi connectivity index (χ0v) is 26.6. The minimum Gasteiger partial charge on any atom is -0.494 e. The molecule has 0 fully saturated rings. The summed E-state index contributed by atoms with van der Waals surface area (Å²) >= 11 is 0. The van der Waals surface area contributed by atoms with Crippen LogP contribution in [0.5, 0.6) is 17.2 Å². The number of aromatic carboxylic acids is 1. The minimum absolute atomic E-state index is 0.0650. The first-order valence-corrected chi connectivity index (χ1v) is 16.3. The first-order valence-electron chi connectivity index (χ1n) is 16.3. The summed E-state index contributed by atoms with van der Waals surface area (Å²) in [4.78, 5) is 23.4. The smallest absolute Gasteiger partial charge is 0.494 e. The van der Waals surface area contributed by atoms with E-state index < -0.39 is 12.1 Å². The van der Waals surface area contributed by atoms with Crippen LogP contribution in [0.2, 0.25) is 0 Å². The summed E-state index contributed by atoms with van der Waals surface area (Å²) in [6, 6.07) is 27.0. The highest BCUT2D eigenvalue weighted by molar-refractivity contribution is 6.00. The summed E-state index contributed by atoms with van der Waals surface area (Å²) in [5.74, 6) is 0.217. The van der Waals surface area contributed by atoms with Gasteiger partial charge in [0, 0.05) is 11.1 Å². The fourth-order valence-electron chi connectivity index (χ4n) is 5.46. The van der Waals surface area contributed by atoms with Crippen LogP contribution >= 0.6 is 0 Å². The SMILES string of the molecule is CCCCCCCCCCCCOc1ccc(-c2ccc(C(=O)O)c(-c3ccc(OC(=O)O)cc3)c2OCc2ccccc2)cc1. The Balaban J connectivity index is 1.50. The topological polar surface area (TPSA) is 102 Å². The van der Waals surface area contributed by atoms with Crippen LogP contribution in [0.1, 0.15) is 87.1 Å². The second-order valence-corrected chi connectivity index (χ2v) is 11.4. The van der Waals surface area contributed by atoms with Gasteiger partial charge >= 0.3 is 12.1 Å². The van der Waals surface area contributed by atoms with E-state index in [0.717, 1.165) is 35.3 Å². The molecule has 7 heteroatoms. The number of carboxylic acid groups (broad SMARTS) is 2. The van der Waals surface area contributed by atoms with Gasteiger partial charge in [0.25, 0.3) is 0 Å². The van der Waals surface area contributed by atoms with E-state index in [4.69, 9.17) is 19.3 Å². The lowest BCUT2D eigenvalue weighted by molar-refractivity contribution is 0.0697. The van der Waals surface area contributed by atoms with Crippen molar-refractivity contribution in [3.05, 3.63) is 102 Å². The third-order valence-corrected chi connectivity index (χ3v) is 7.89. The molecule has 0 heterocycles. The van der Waals surface area contributed by atoms with Gasteiger partial charge in [-0.2, -0.15) is 0 Å². The standard InChI is InChI=1S/C39H44O7/c1-2-3-4-5-6-7-8-9-10-14-27-44-32-21-17-30(18-22-32)34-25-26-35(38(40)41)36(31-19-23-33(24-20-31)46-39(42)43)37(34)45-28-29-15-12-11-13-16-29/h11-13,15-26H,2-10,14,27-28H2,1H3,(H,40,41)(H,42,43). The molecule has 0 saturated heterocycles. The van der Waals surface area contributed by atoms with E-state index in [2.05, 4.69) is 6.92 Å². The Hall–Kier alpha value is -4.78. The van der Waals surface area contributed by atoms with Crippen molar-refractivity contribution in [1.82, 2.24) is 0 Å². The number of hydrogen-bond donors (Lipinski definition) is 2. The molecule has 4 aromatic rings. The molecule has 0 unspecified atom stereocenters. The summed E-state index contributed by atoms with van der Waals surface area (Å²) in [5, 5.41) is 19.1. The van der Waals surface area contributed by atoms with Gasteiger partial charge in [-0.3, -0.25) is 0 Å². The molecule has 4 aromatic carbocycles. The van der Waals surface area contributed by atoms with Crippen molar-refractivity contribution < 1.29 is 34.0 Å². The van der Waals surface area contributed by atoms with Crippen molar-refractivity contribution in [3.8, 4) is 39.5 Å². The highest BCUT2D eigenvalue weighted by atomic mass is 16.7. The molecular formula is C39H44O7. The zero-order valence-electron chi connectivity index (χ0n) is 26.6. The lowest BCUT2D eigenvalue weighted by Crippen LogP contribution is -2.06. The lowest BCUT2D eigenvalue weighted by Gasteiger charge is -2.19. The fourth-order valence-corrected chi connectivity index (χ4v) is 5.46. The van der Waals surface area contributed by atoms with E-state index in [1.165, 1.54) is 63.5 Å². The Morgan fingerprint density at radius 3 is 1.80 bits per heavy atom. The van der Waals surface area contributed by atoms with Crippen LogP contribution in [-0.2, 0) is 6.61 Å². The van der Waals surface area contributed by atoms with Crippen molar-refractivity contribution >= 4 is 12.1 Å². The molecule has 0 saturated carbocycles. The minimum atomic E-state index is -1.43. The average Bonchev–Trinajstić information content (AvgIpc) is 3.06. The number of hydrogen-bond acceptors (Lipinski definition) is 5. The molecule has 4 rings (SSSR count). The first-order chi connectivity index (χ1) is 22.5. The summed E-state index contributed by atoms with van der Waals surface area (Å²) < 4.78 is 17.2. The molecule has 0 aliphatic rings. The summed E-state index contributed by atoms with van der Waals surface area (Å²) in [6.45, 7) is 3.14. The van der Waals surface area contributed by atoms with Gasteiger partial charge in [0.05, 0.1) is 12.2 Å². The number of carbonyl (C=O) groups is 2. The molecule has 7 nitrogen and oxygen atoms in total. The van der Waals surface area contributed by atoms with Crippen LogP contribution in [0.15, 0.2) is 91.0 Å². The second-order valence-electron chi connectivity index (χ2n) is 11.4. The van der Waals surface area contributed by atoms with Gasteiger partial charge in [-0.15, -0.1) is 0 Å². The maximum Gasteiger partial charge on any atom is 0.511 e. The summed E-state index contributed by atoms with van der Waals surface area (Å²) in [5.41, 5.74) is 3.51. The summed E-state index contributed by atoms with van der Waals surface area (Å²) in [6.07, 6.45) is 11.3. The van der Waals surface area contributed by atoms with Crippen molar-refractivity contribution in [2.24, 2.45) is 0 Å². The largest absolute Gasteiger partial charge is 0.511 e. The molecule has 0 aromatic heterocycles. The van der Waals surface area contributed by atoms with Gasteiger partial charge < -0.3 is 24.4 Å². The van der Waals surface area contributed by atoms with Gasteiger partial charge in [-0.25, -0.2) is 9.59 Å². The van der Waals surface area contributed by atoms with Gasteiger partial charge in [0.1, 0.15) is 23.9 Å². The Morgan fingerprint density at radius 2 is 1.20 bits per heavy atom. The van der Waals surface area contributed by atoms with Gasteiger partial charge in [-0.05, 0) is 59.5 Å². The van der Waals surface area contributed by atoms with Crippen molar-refractivity contribution in [3.63, 3.8) is 0 Å². The van der Waals surface area contributed by atoms with E-state index in [9.17, 15) is 14.7 Å². The highest BCUT2D eigenvalue weighted by Gasteiger charge is 2.22. The molecule has 0 aliphatic carbocycles. The Bertz CT molecular complexity index is 1510. The van der Waals surface area contributed by atoms with Crippen LogP contribution in [0.4, 0.5) is 4.79 Å². The molecular weight excluding hydrogens is 580 g/mol. The van der Waals surface area contributed by atoms with E-state index in [-0.39, 0.29) is 17.9 Å². The van der Waals surface area contributed by atoms with E-state index in [1.54, 1.807) is 24.3 Å². The number of benzene rings is 4. The number of ether oxygens (including phenoxy) is 3. The predicted octanol–water partition coefficient (Wildman–Crippen LogP) is 10.7. The molecule has 2 N–H and O–H groups in total. The number of unbranched alkanes of at least 4 members (excludes halogenated alkanes) is 9. The van der Waals surface area contributed by atoms with Crippen molar-refractivity contribution in [2.45, 2.75) is 77.7 Å². The van der Waals surface area contributed by atoms with Gasteiger partial charge in [0.15, 0.2) is 0 Å². The van der Waals surface area contributed by atoms with Gasteiger partial charge in [0.2, 0.25) is 0 Å². The summed E-state index contributed by atoms with van der Waals surface area (Å²) in [7, 11) is 0. The second kappa shape index (κ2) is 18.3. The van der Waals surface area contributed by atoms with Gasteiger partial charge in [-0.1, -0.05) is 119 Å². The van der Waals surface area contributed by atoms with E-state index in [1.807, 2.05) is 54.6 Å². The first kappa shape index (κ1) is 34.1. The Morgan fingerprint density at radius 1 is 0.609 bits per heavy atom. The highest BCUT2D eigenvalue weighted by Crippen LogP contribution is 2.43. The normalized spacial score (nSPS) is 10.8. The maximum absolute atomic E-state index is 12.4. The molecule has 0 amide bonds. The fraction of sp³-hybridized carbons (Fsp3) is 0.333. The molecule has 0 bridgehead atoms. The quantitative estimate of drug-likeness (QED) is 0.0608. The van der Waals surface area contributed by atoms with Crippen molar-refractivity contribution in [1.29, 1.82) is 0 Å². The zero-order chi connectivity index (χ0) is 32.6. The average molecular weight is 625 g/mol. The maximum atomic E-state index is 12.4. The number of rotatable bonds is 19. The molecule has 46 heavy (non-hydrogen) atoms. The van der Waals surface area contributed by atoms with Crippen molar-refractivity contribution in [2.75, 3.05) is 6.61 Å². The van der Waals surface area contributed by atoms with Crippen LogP contribution < -0.4 is 14.2 Å². The van der Waals surface area contributed by atoms with Crippen LogP contribution in [0, 0.1) is 0 Å². The van der Waals surface area contributed by atoms with Crippen LogP contribution in [0.3, 0.4) is 0 Å². The molecule has 0 radical (unpaired) electrons. The third kappa shape index (κ3) is 10.4. The third-order valence-electron chi connectivity index (χ3n) is 7.89.